The average Bonchev–Trinajstić information content (AvgIpc) is 2.55. The lowest BCUT2D eigenvalue weighted by Crippen LogP contribution is -2.41. The van der Waals surface area contributed by atoms with Crippen molar-refractivity contribution in [2.45, 2.75) is 57.5 Å². The highest BCUT2D eigenvalue weighted by Gasteiger charge is 2.30. The number of hydrogen-bond donors (Lipinski definition) is 1. The van der Waals surface area contributed by atoms with Crippen molar-refractivity contribution in [1.29, 1.82) is 0 Å². The van der Waals surface area contributed by atoms with Crippen LogP contribution >= 0.6 is 0 Å². The predicted molar refractivity (Wildman–Crippen MR) is 74.4 cm³/mol. The van der Waals surface area contributed by atoms with Crippen LogP contribution in [-0.4, -0.2) is 38.7 Å². The maximum absolute atomic E-state index is 11.6. The summed E-state index contributed by atoms with van der Waals surface area (Å²) < 4.78 is 29.1. The van der Waals surface area contributed by atoms with Crippen LogP contribution in [-0.2, 0) is 14.6 Å². The summed E-state index contributed by atoms with van der Waals surface area (Å²) in [6.07, 6.45) is 7.36. The molecule has 1 aliphatic carbocycles. The van der Waals surface area contributed by atoms with Crippen molar-refractivity contribution >= 4 is 9.84 Å². The second-order valence-corrected chi connectivity index (χ2v) is 7.61. The highest BCUT2D eigenvalue weighted by atomic mass is 32.2. The molecular weight excluding hydrogens is 250 g/mol. The molecule has 0 amide bonds. The zero-order chi connectivity index (χ0) is 13.5. The highest BCUT2D eigenvalue weighted by Crippen LogP contribution is 2.29. The molecule has 0 atom stereocenters. The van der Waals surface area contributed by atoms with Crippen molar-refractivity contribution in [2.24, 2.45) is 5.73 Å². The van der Waals surface area contributed by atoms with Crippen molar-refractivity contribution in [3.8, 4) is 0 Å². The number of hydrogen-bond acceptors (Lipinski definition) is 4. The van der Waals surface area contributed by atoms with Crippen molar-refractivity contribution in [3.63, 3.8) is 0 Å². The van der Waals surface area contributed by atoms with Gasteiger partial charge in [0.15, 0.2) is 9.84 Å². The van der Waals surface area contributed by atoms with E-state index >= 15 is 0 Å². The lowest BCUT2D eigenvalue weighted by molar-refractivity contribution is -0.0420. The molecule has 0 saturated heterocycles. The summed E-state index contributed by atoms with van der Waals surface area (Å²) in [7, 11) is -2.94. The summed E-state index contributed by atoms with van der Waals surface area (Å²) >= 11 is 0. The van der Waals surface area contributed by atoms with E-state index < -0.39 is 9.84 Å². The number of rotatable bonds is 7. The van der Waals surface area contributed by atoms with Gasteiger partial charge in [-0.3, -0.25) is 0 Å². The van der Waals surface area contributed by atoms with E-state index in [9.17, 15) is 8.42 Å². The van der Waals surface area contributed by atoms with Crippen molar-refractivity contribution in [3.05, 3.63) is 0 Å². The molecule has 0 unspecified atom stereocenters. The summed E-state index contributed by atoms with van der Waals surface area (Å²) in [6.45, 7) is 2.67. The molecule has 0 heterocycles. The summed E-state index contributed by atoms with van der Waals surface area (Å²) in [5.74, 6) is 0.384. The smallest absolute Gasteiger partial charge is 0.152 e. The highest BCUT2D eigenvalue weighted by molar-refractivity contribution is 7.91. The molecule has 0 aromatic rings. The summed E-state index contributed by atoms with van der Waals surface area (Å²) in [5.41, 5.74) is 5.58. The van der Waals surface area contributed by atoms with Gasteiger partial charge >= 0.3 is 0 Å². The maximum atomic E-state index is 11.6. The van der Waals surface area contributed by atoms with E-state index in [0.29, 0.717) is 19.6 Å². The average molecular weight is 277 g/mol. The largest absolute Gasteiger partial charge is 0.373 e. The molecule has 0 bridgehead atoms. The quantitative estimate of drug-likeness (QED) is 0.721. The molecule has 0 aromatic heterocycles. The standard InChI is InChI=1S/C13H27NO3S/c1-2-10-18(15,16)11-9-17-13(12-14)7-5-3-4-6-8-13/h2-12,14H2,1H3. The van der Waals surface area contributed by atoms with Crippen molar-refractivity contribution in [1.82, 2.24) is 0 Å². The molecule has 5 heteroatoms. The third kappa shape index (κ3) is 5.24. The third-order valence-electron chi connectivity index (χ3n) is 3.70. The molecule has 108 valence electrons. The lowest BCUT2D eigenvalue weighted by atomic mass is 9.94. The zero-order valence-electron chi connectivity index (χ0n) is 11.5. The predicted octanol–water partition coefficient (Wildman–Crippen LogP) is 1.88. The van der Waals surface area contributed by atoms with Gasteiger partial charge in [-0.25, -0.2) is 8.42 Å². The van der Waals surface area contributed by atoms with Crippen LogP contribution in [0.15, 0.2) is 0 Å². The molecule has 1 rings (SSSR count). The molecule has 2 N–H and O–H groups in total. The first kappa shape index (κ1) is 15.9. The Bertz CT molecular complexity index is 319. The van der Waals surface area contributed by atoms with Crippen LogP contribution in [0.2, 0.25) is 0 Å². The number of sulfone groups is 1. The van der Waals surface area contributed by atoms with Crippen LogP contribution in [0.5, 0.6) is 0 Å². The normalized spacial score (nSPS) is 20.6. The second kappa shape index (κ2) is 7.46. The molecule has 4 nitrogen and oxygen atoms in total. The molecule has 1 saturated carbocycles. The van der Waals surface area contributed by atoms with Crippen molar-refractivity contribution < 1.29 is 13.2 Å². The first-order chi connectivity index (χ1) is 8.54. The van der Waals surface area contributed by atoms with Gasteiger partial charge < -0.3 is 10.5 Å². The molecule has 1 fully saturated rings. The van der Waals surface area contributed by atoms with Crippen LogP contribution < -0.4 is 5.73 Å². The first-order valence-corrected chi connectivity index (χ1v) is 8.90. The zero-order valence-corrected chi connectivity index (χ0v) is 12.3. The fourth-order valence-corrected chi connectivity index (χ4v) is 3.74. The van der Waals surface area contributed by atoms with E-state index in [2.05, 4.69) is 0 Å². The Kier molecular flexibility index (Phi) is 6.60. The van der Waals surface area contributed by atoms with Gasteiger partial charge in [-0.2, -0.15) is 0 Å². The first-order valence-electron chi connectivity index (χ1n) is 7.08. The van der Waals surface area contributed by atoms with Gasteiger partial charge in [-0.1, -0.05) is 32.6 Å². The Balaban J connectivity index is 2.43. The summed E-state index contributed by atoms with van der Waals surface area (Å²) in [5, 5.41) is 0. The maximum Gasteiger partial charge on any atom is 0.152 e. The molecule has 0 radical (unpaired) electrons. The SMILES string of the molecule is CCCS(=O)(=O)CCOC1(CN)CCCCCC1. The van der Waals surface area contributed by atoms with E-state index in [-0.39, 0.29) is 17.1 Å². The van der Waals surface area contributed by atoms with Gasteiger partial charge in [-0.05, 0) is 19.3 Å². The lowest BCUT2D eigenvalue weighted by Gasteiger charge is -2.31. The van der Waals surface area contributed by atoms with Gasteiger partial charge in [0.1, 0.15) is 0 Å². The van der Waals surface area contributed by atoms with Gasteiger partial charge in [0.25, 0.3) is 0 Å². The number of ether oxygens (including phenoxy) is 1. The molecule has 0 aliphatic heterocycles. The Morgan fingerprint density at radius 3 is 2.22 bits per heavy atom. The van der Waals surface area contributed by atoms with Crippen molar-refractivity contribution in [2.75, 3.05) is 24.7 Å². The van der Waals surface area contributed by atoms with E-state index in [1.54, 1.807) is 0 Å². The number of nitrogens with two attached hydrogens (primary N) is 1. The second-order valence-electron chi connectivity index (χ2n) is 5.30. The Morgan fingerprint density at radius 1 is 1.11 bits per heavy atom. The van der Waals surface area contributed by atoms with Crippen LogP contribution in [0.4, 0.5) is 0 Å². The van der Waals surface area contributed by atoms with E-state index in [1.807, 2.05) is 6.92 Å². The minimum Gasteiger partial charge on any atom is -0.373 e. The minimum atomic E-state index is -2.94. The van der Waals surface area contributed by atoms with E-state index in [4.69, 9.17) is 10.5 Å². The van der Waals surface area contributed by atoms with Gasteiger partial charge in [0.05, 0.1) is 18.0 Å². The van der Waals surface area contributed by atoms with Gasteiger partial charge in [-0.15, -0.1) is 0 Å². The van der Waals surface area contributed by atoms with E-state index in [0.717, 1.165) is 25.7 Å². The minimum absolute atomic E-state index is 0.128. The van der Waals surface area contributed by atoms with Crippen LogP contribution in [0, 0.1) is 0 Å². The topological polar surface area (TPSA) is 69.4 Å². The summed E-state index contributed by atoms with van der Waals surface area (Å²) in [4.78, 5) is 0. The van der Waals surface area contributed by atoms with Crippen LogP contribution in [0.3, 0.4) is 0 Å². The molecule has 0 aromatic carbocycles. The molecule has 18 heavy (non-hydrogen) atoms. The van der Waals surface area contributed by atoms with Gasteiger partial charge in [0, 0.05) is 12.3 Å². The molecular formula is C13H27NO3S. The van der Waals surface area contributed by atoms with E-state index in [1.165, 1.54) is 12.8 Å². The Labute approximate surface area is 111 Å². The monoisotopic (exact) mass is 277 g/mol. The summed E-state index contributed by atoms with van der Waals surface area (Å²) in [6, 6.07) is 0. The fraction of sp³-hybridized carbons (Fsp3) is 1.00. The van der Waals surface area contributed by atoms with Gasteiger partial charge in [0.2, 0.25) is 0 Å². The van der Waals surface area contributed by atoms with Crippen LogP contribution in [0.25, 0.3) is 0 Å². The Hall–Kier alpha value is -0.130. The third-order valence-corrected chi connectivity index (χ3v) is 5.52. The Morgan fingerprint density at radius 2 is 1.72 bits per heavy atom. The molecule has 0 spiro atoms. The molecule has 1 aliphatic rings. The fourth-order valence-electron chi connectivity index (χ4n) is 2.58. The van der Waals surface area contributed by atoms with Crippen LogP contribution in [0.1, 0.15) is 51.9 Å².